The molecule has 1 aromatic rings. The molecule has 1 saturated heterocycles. The highest BCUT2D eigenvalue weighted by molar-refractivity contribution is 7.92. The zero-order valence-corrected chi connectivity index (χ0v) is 16.7. The summed E-state index contributed by atoms with van der Waals surface area (Å²) in [7, 11) is -3.38. The van der Waals surface area contributed by atoms with Crippen LogP contribution in [0.1, 0.15) is 44.1 Å². The van der Waals surface area contributed by atoms with E-state index in [4.69, 9.17) is 0 Å². The molecule has 2 aliphatic rings. The molecule has 1 aliphatic heterocycles. The third-order valence-electron chi connectivity index (χ3n) is 5.73. The van der Waals surface area contributed by atoms with Gasteiger partial charge in [0, 0.05) is 25.6 Å². The van der Waals surface area contributed by atoms with Gasteiger partial charge in [-0.05, 0) is 43.4 Å². The number of piperidine rings is 1. The van der Waals surface area contributed by atoms with E-state index in [-0.39, 0.29) is 28.8 Å². The summed E-state index contributed by atoms with van der Waals surface area (Å²) < 4.78 is 37.6. The van der Waals surface area contributed by atoms with E-state index < -0.39 is 15.6 Å². The first-order valence-corrected chi connectivity index (χ1v) is 11.6. The van der Waals surface area contributed by atoms with Crippen molar-refractivity contribution in [2.45, 2.75) is 50.3 Å². The Morgan fingerprint density at radius 3 is 2.25 bits per heavy atom. The Balaban J connectivity index is 1.43. The number of nitrogens with zero attached hydrogens (tertiary/aromatic N) is 1. The van der Waals surface area contributed by atoms with E-state index >= 15 is 0 Å². The molecule has 1 N–H and O–H groups in total. The fourth-order valence-corrected chi connectivity index (χ4v) is 5.77. The molecule has 0 aromatic heterocycles. The Morgan fingerprint density at radius 2 is 1.64 bits per heavy atom. The first-order valence-electron chi connectivity index (χ1n) is 9.86. The molecular formula is C20H27FN2O4S. The molecule has 1 aliphatic carbocycles. The predicted octanol–water partition coefficient (Wildman–Crippen LogP) is 2.04. The van der Waals surface area contributed by atoms with Gasteiger partial charge >= 0.3 is 0 Å². The number of nitrogens with one attached hydrogen (secondary N) is 1. The van der Waals surface area contributed by atoms with Crippen molar-refractivity contribution in [1.82, 2.24) is 10.2 Å². The van der Waals surface area contributed by atoms with Crippen molar-refractivity contribution >= 4 is 21.7 Å². The lowest BCUT2D eigenvalue weighted by atomic mass is 9.96. The van der Waals surface area contributed by atoms with Gasteiger partial charge in [-0.15, -0.1) is 0 Å². The quantitative estimate of drug-likeness (QED) is 0.778. The van der Waals surface area contributed by atoms with Gasteiger partial charge in [0.05, 0.1) is 5.25 Å². The van der Waals surface area contributed by atoms with Crippen LogP contribution >= 0.6 is 0 Å². The molecule has 0 spiro atoms. The standard InChI is InChI=1S/C20H27FN2O4S/c21-17-7-5-15(6-8-17)13-22-20(25)16-9-11-23(12-10-16)19(24)14-28(26,27)18-3-1-2-4-18/h5-8,16,18H,1-4,9-14H2,(H,22,25). The fraction of sp³-hybridized carbons (Fsp3) is 0.600. The second-order valence-electron chi connectivity index (χ2n) is 7.71. The minimum atomic E-state index is -3.38. The largest absolute Gasteiger partial charge is 0.352 e. The fourth-order valence-electron chi connectivity index (χ4n) is 3.96. The Bertz CT molecular complexity index is 796. The molecule has 8 heteroatoms. The SMILES string of the molecule is O=C(NCc1ccc(F)cc1)C1CCN(C(=O)CS(=O)(=O)C2CCCC2)CC1. The molecule has 154 valence electrons. The van der Waals surface area contributed by atoms with Gasteiger partial charge in [-0.2, -0.15) is 0 Å². The van der Waals surface area contributed by atoms with E-state index in [2.05, 4.69) is 5.32 Å². The topological polar surface area (TPSA) is 83.6 Å². The van der Waals surface area contributed by atoms with Gasteiger partial charge in [-0.25, -0.2) is 12.8 Å². The predicted molar refractivity (Wildman–Crippen MR) is 104 cm³/mol. The van der Waals surface area contributed by atoms with Gasteiger partial charge < -0.3 is 10.2 Å². The van der Waals surface area contributed by atoms with Crippen LogP contribution in [0.2, 0.25) is 0 Å². The molecule has 3 rings (SSSR count). The van der Waals surface area contributed by atoms with Crippen molar-refractivity contribution in [2.24, 2.45) is 5.92 Å². The summed E-state index contributed by atoms with van der Waals surface area (Å²) in [6.45, 7) is 1.12. The van der Waals surface area contributed by atoms with Crippen LogP contribution in [0.3, 0.4) is 0 Å². The van der Waals surface area contributed by atoms with Gasteiger partial charge in [-0.1, -0.05) is 25.0 Å². The normalized spacial score (nSPS) is 19.0. The van der Waals surface area contributed by atoms with E-state index in [0.29, 0.717) is 45.3 Å². The summed E-state index contributed by atoms with van der Waals surface area (Å²) in [4.78, 5) is 26.3. The van der Waals surface area contributed by atoms with Crippen LogP contribution in [-0.4, -0.2) is 49.2 Å². The molecule has 1 heterocycles. The van der Waals surface area contributed by atoms with Crippen molar-refractivity contribution in [2.75, 3.05) is 18.8 Å². The van der Waals surface area contributed by atoms with Crippen molar-refractivity contribution < 1.29 is 22.4 Å². The molecule has 1 aromatic carbocycles. The van der Waals surface area contributed by atoms with E-state index in [0.717, 1.165) is 18.4 Å². The first kappa shape index (κ1) is 20.8. The number of carbonyl (C=O) groups is 2. The van der Waals surface area contributed by atoms with Gasteiger partial charge in [0.15, 0.2) is 9.84 Å². The zero-order chi connectivity index (χ0) is 20.1. The van der Waals surface area contributed by atoms with Gasteiger partial charge in [0.2, 0.25) is 11.8 Å². The summed E-state index contributed by atoms with van der Waals surface area (Å²) >= 11 is 0. The first-order chi connectivity index (χ1) is 13.3. The Labute approximate surface area is 165 Å². The van der Waals surface area contributed by atoms with Crippen molar-refractivity contribution in [3.05, 3.63) is 35.6 Å². The minimum Gasteiger partial charge on any atom is -0.352 e. The highest BCUT2D eigenvalue weighted by Gasteiger charge is 2.34. The lowest BCUT2D eigenvalue weighted by molar-refractivity contribution is -0.133. The number of hydrogen-bond acceptors (Lipinski definition) is 4. The molecule has 0 bridgehead atoms. The molecule has 1 saturated carbocycles. The number of hydrogen-bond donors (Lipinski definition) is 1. The van der Waals surface area contributed by atoms with E-state index in [9.17, 15) is 22.4 Å². The van der Waals surface area contributed by atoms with Gasteiger partial charge in [0.25, 0.3) is 0 Å². The van der Waals surface area contributed by atoms with Crippen molar-refractivity contribution in [3.8, 4) is 0 Å². The molecule has 0 radical (unpaired) electrons. The van der Waals surface area contributed by atoms with Gasteiger partial charge in [-0.3, -0.25) is 9.59 Å². The van der Waals surface area contributed by atoms with Crippen LogP contribution in [0.15, 0.2) is 24.3 Å². The number of rotatable bonds is 6. The van der Waals surface area contributed by atoms with Crippen LogP contribution in [0.5, 0.6) is 0 Å². The highest BCUT2D eigenvalue weighted by atomic mass is 32.2. The third-order valence-corrected chi connectivity index (χ3v) is 7.87. The molecule has 6 nitrogen and oxygen atoms in total. The lowest BCUT2D eigenvalue weighted by Gasteiger charge is -2.31. The monoisotopic (exact) mass is 410 g/mol. The van der Waals surface area contributed by atoms with Crippen molar-refractivity contribution in [1.29, 1.82) is 0 Å². The number of carbonyl (C=O) groups excluding carboxylic acids is 2. The molecule has 0 unspecified atom stereocenters. The Hall–Kier alpha value is -1.96. The van der Waals surface area contributed by atoms with E-state index in [1.54, 1.807) is 17.0 Å². The molecule has 28 heavy (non-hydrogen) atoms. The lowest BCUT2D eigenvalue weighted by Crippen LogP contribution is -2.45. The highest BCUT2D eigenvalue weighted by Crippen LogP contribution is 2.26. The summed E-state index contributed by atoms with van der Waals surface area (Å²) in [5, 5.41) is 2.48. The summed E-state index contributed by atoms with van der Waals surface area (Å²) in [5.41, 5.74) is 0.819. The third kappa shape index (κ3) is 5.31. The molecule has 2 amide bonds. The van der Waals surface area contributed by atoms with Crippen LogP contribution < -0.4 is 5.32 Å². The number of sulfone groups is 1. The molecule has 0 atom stereocenters. The smallest absolute Gasteiger partial charge is 0.237 e. The molecular weight excluding hydrogens is 383 g/mol. The Kier molecular flexibility index (Phi) is 6.69. The maximum atomic E-state index is 12.9. The maximum absolute atomic E-state index is 12.9. The average molecular weight is 411 g/mol. The zero-order valence-electron chi connectivity index (χ0n) is 15.9. The second kappa shape index (κ2) is 9.03. The maximum Gasteiger partial charge on any atom is 0.237 e. The van der Waals surface area contributed by atoms with Crippen LogP contribution in [0, 0.1) is 11.7 Å². The van der Waals surface area contributed by atoms with E-state index in [1.807, 2.05) is 0 Å². The Morgan fingerprint density at radius 1 is 1.04 bits per heavy atom. The number of likely N-dealkylation sites (tertiary alicyclic amines) is 1. The van der Waals surface area contributed by atoms with Crippen LogP contribution in [0.25, 0.3) is 0 Å². The summed E-state index contributed by atoms with van der Waals surface area (Å²) in [5.74, 6) is -1.37. The van der Waals surface area contributed by atoms with E-state index in [1.165, 1.54) is 12.1 Å². The van der Waals surface area contributed by atoms with Crippen LogP contribution in [0.4, 0.5) is 4.39 Å². The van der Waals surface area contributed by atoms with Crippen LogP contribution in [-0.2, 0) is 26.0 Å². The number of halogens is 1. The number of benzene rings is 1. The molecule has 2 fully saturated rings. The minimum absolute atomic E-state index is 0.0880. The van der Waals surface area contributed by atoms with Crippen molar-refractivity contribution in [3.63, 3.8) is 0 Å². The van der Waals surface area contributed by atoms with Gasteiger partial charge in [0.1, 0.15) is 11.6 Å². The average Bonchev–Trinajstić information content (AvgIpc) is 3.23. The summed E-state index contributed by atoms with van der Waals surface area (Å²) in [6, 6.07) is 5.96. The summed E-state index contributed by atoms with van der Waals surface area (Å²) in [6.07, 6.45) is 4.18. The number of amides is 2. The second-order valence-corrected chi connectivity index (χ2v) is 9.99.